The van der Waals surface area contributed by atoms with Gasteiger partial charge in [-0.2, -0.15) is 0 Å². The number of fused-ring (bicyclic) bond motifs is 1. The summed E-state index contributed by atoms with van der Waals surface area (Å²) in [6, 6.07) is 8.69. The molecule has 0 radical (unpaired) electrons. The number of Topliss-reactive ketones (excluding diaryl/α,β-unsaturated/α-hetero) is 1. The van der Waals surface area contributed by atoms with Crippen molar-refractivity contribution in [2.24, 2.45) is 10.8 Å². The second kappa shape index (κ2) is 25.4. The average Bonchev–Trinajstić information content (AvgIpc) is 4.23. The fraction of sp³-hybridized carbons (Fsp3) is 0.667. The van der Waals surface area contributed by atoms with E-state index in [-0.39, 0.29) is 59.7 Å². The monoisotopic (exact) mass is 1100 g/mol. The van der Waals surface area contributed by atoms with Gasteiger partial charge in [0.25, 0.3) is 22.1 Å². The number of anilines is 1. The number of aromatic nitrogens is 4. The summed E-state index contributed by atoms with van der Waals surface area (Å²) in [5.74, 6) is -1.46. The molecule has 0 bridgehead atoms. The standard InChI is InChI=1S/C45H68N7O19P3/c1-43(2,26-68-74(64,65)71-73(62,63)67-25-32-37(70-72(59,60)61)36(56)42(69-32)52-28-51-35-39(46)49-27-50-40(35)52)38(57)41(58)48-23-15-34(55)47-22-14-33(54)44(18-19-44)16-7-3-5-10-30-12-9-13-31(24-30)11-6-4-8-17-45(20-21-45)66-29-53/h9,12-13,24,27-29,32,36-38,42,56-57H,3-8,10-11,14-23,25-26H2,1-2H3,(H,47,55)(H,48,58)(H,62,63)(H,64,65)(H2,46,49,50)(H2,59,60,61)/p-4. The zero-order valence-corrected chi connectivity index (χ0v) is 43.8. The fourth-order valence-electron chi connectivity index (χ4n) is 8.85. The van der Waals surface area contributed by atoms with Crippen molar-refractivity contribution in [3.63, 3.8) is 0 Å². The molecule has 3 fully saturated rings. The summed E-state index contributed by atoms with van der Waals surface area (Å²) in [5, 5.41) is 26.6. The SMILES string of the molecule is CC(C)(COP(=O)([O-])OP(=O)([O-])OCC1OC(n2cnc3c(N)ncnc32)C(O)C1OP(=O)([O-])[O-])C(O)C(=O)NCCC(=O)NCCC(=O)C1(CCCCCc2cccc(CCCCCC3(OC=O)CC3)c2)CC1. The van der Waals surface area contributed by atoms with E-state index in [0.29, 0.717) is 6.47 Å². The number of nitrogens with one attached hydrogen (secondary N) is 2. The topological polar surface area (TPSA) is 401 Å². The van der Waals surface area contributed by atoms with Gasteiger partial charge in [0.05, 0.1) is 27.4 Å². The molecule has 1 aromatic carbocycles. The van der Waals surface area contributed by atoms with Gasteiger partial charge in [-0.15, -0.1) is 0 Å². The number of aliphatic hydroxyl groups is 2. The molecule has 2 aliphatic carbocycles. The minimum Gasteiger partial charge on any atom is -0.790 e. The van der Waals surface area contributed by atoms with Crippen LogP contribution in [0.15, 0.2) is 36.9 Å². The summed E-state index contributed by atoms with van der Waals surface area (Å²) < 4.78 is 66.3. The molecule has 7 atom stereocenters. The maximum atomic E-state index is 13.1. The molecule has 26 nitrogen and oxygen atoms in total. The molecule has 3 aliphatic rings. The van der Waals surface area contributed by atoms with Crippen LogP contribution in [0.1, 0.15) is 121 Å². The number of rotatable bonds is 34. The quantitative estimate of drug-likeness (QED) is 0.0319. The number of benzene rings is 1. The summed E-state index contributed by atoms with van der Waals surface area (Å²) in [5.41, 5.74) is 6.16. The second-order valence-electron chi connectivity index (χ2n) is 19.8. The number of nitrogens with zero attached hydrogens (tertiary/aromatic N) is 4. The van der Waals surface area contributed by atoms with E-state index in [0.717, 1.165) is 107 Å². The molecule has 3 heterocycles. The van der Waals surface area contributed by atoms with Gasteiger partial charge in [-0.3, -0.25) is 32.9 Å². The number of nitrogens with two attached hydrogens (primary N) is 1. The Morgan fingerprint density at radius 3 is 2.20 bits per heavy atom. The first-order valence-electron chi connectivity index (χ1n) is 24.4. The van der Waals surface area contributed by atoms with Gasteiger partial charge in [0.15, 0.2) is 17.7 Å². The van der Waals surface area contributed by atoms with E-state index in [1.807, 2.05) is 0 Å². The van der Waals surface area contributed by atoms with Crippen LogP contribution in [0.2, 0.25) is 0 Å². The number of hydrogen-bond acceptors (Lipinski definition) is 23. The molecule has 412 valence electrons. The Balaban J connectivity index is 0.836. The normalized spacial score (nSPS) is 22.1. The lowest BCUT2D eigenvalue weighted by Crippen LogP contribution is -2.46. The summed E-state index contributed by atoms with van der Waals surface area (Å²) in [4.78, 5) is 109. The minimum atomic E-state index is -5.94. The Hall–Kier alpha value is -4.10. The highest BCUT2D eigenvalue weighted by molar-refractivity contribution is 7.59. The molecule has 29 heteroatoms. The van der Waals surface area contributed by atoms with Gasteiger partial charge >= 0.3 is 0 Å². The lowest BCUT2D eigenvalue weighted by molar-refractivity contribution is -0.347. The van der Waals surface area contributed by atoms with Crippen LogP contribution in [0.5, 0.6) is 0 Å². The van der Waals surface area contributed by atoms with Crippen molar-refractivity contribution in [1.82, 2.24) is 30.2 Å². The number of carbonyl (C=O) groups is 4. The van der Waals surface area contributed by atoms with Crippen molar-refractivity contribution < 1.29 is 90.0 Å². The van der Waals surface area contributed by atoms with E-state index < -0.39 is 84.6 Å². The first-order chi connectivity index (χ1) is 34.9. The smallest absolute Gasteiger partial charge is 0.293 e. The number of aliphatic hydroxyl groups excluding tert-OH is 2. The molecule has 6 N–H and O–H groups in total. The molecular weight excluding hydrogens is 1040 g/mol. The molecule has 74 heavy (non-hydrogen) atoms. The van der Waals surface area contributed by atoms with Crippen LogP contribution < -0.4 is 35.9 Å². The van der Waals surface area contributed by atoms with Crippen LogP contribution in [0, 0.1) is 10.8 Å². The van der Waals surface area contributed by atoms with E-state index in [9.17, 15) is 62.7 Å². The highest BCUT2D eigenvalue weighted by Gasteiger charge is 2.49. The van der Waals surface area contributed by atoms with Crippen molar-refractivity contribution in [3.05, 3.63) is 48.0 Å². The van der Waals surface area contributed by atoms with Crippen molar-refractivity contribution in [2.45, 2.75) is 153 Å². The summed E-state index contributed by atoms with van der Waals surface area (Å²) >= 11 is 0. The van der Waals surface area contributed by atoms with Gasteiger partial charge in [0.2, 0.25) is 11.8 Å². The molecule has 0 spiro atoms. The molecule has 2 saturated carbocycles. The van der Waals surface area contributed by atoms with Crippen LogP contribution >= 0.6 is 23.5 Å². The number of imidazole rings is 1. The van der Waals surface area contributed by atoms with Gasteiger partial charge in [0.1, 0.15) is 47.6 Å². The molecule has 2 aromatic heterocycles. The Kier molecular flexibility index (Phi) is 20.3. The number of hydrogen-bond donors (Lipinski definition) is 5. The van der Waals surface area contributed by atoms with Crippen LogP contribution in [-0.4, -0.2) is 110 Å². The van der Waals surface area contributed by atoms with Crippen molar-refractivity contribution in [2.75, 3.05) is 32.0 Å². The van der Waals surface area contributed by atoms with Gasteiger partial charge in [-0.1, -0.05) is 57.4 Å². The Labute approximate surface area is 427 Å². The Morgan fingerprint density at radius 1 is 0.919 bits per heavy atom. The molecular formula is C45H64N7O19P3-4. The van der Waals surface area contributed by atoms with Crippen LogP contribution in [0.3, 0.4) is 0 Å². The Bertz CT molecular complexity index is 2570. The van der Waals surface area contributed by atoms with E-state index in [2.05, 4.69) is 67.7 Å². The van der Waals surface area contributed by atoms with E-state index in [1.165, 1.54) is 25.0 Å². The number of nitrogen functional groups attached to an aromatic ring is 1. The number of ether oxygens (including phenoxy) is 2. The number of carbonyl (C=O) groups excluding carboxylic acids is 4. The predicted molar refractivity (Wildman–Crippen MR) is 252 cm³/mol. The minimum absolute atomic E-state index is 0.0231. The van der Waals surface area contributed by atoms with Gasteiger partial charge < -0.3 is 73.8 Å². The van der Waals surface area contributed by atoms with Crippen LogP contribution in [-0.2, 0) is 73.1 Å². The third-order valence-electron chi connectivity index (χ3n) is 13.5. The zero-order valence-electron chi connectivity index (χ0n) is 41.1. The number of amides is 2. The van der Waals surface area contributed by atoms with Gasteiger partial charge in [0, 0.05) is 36.8 Å². The zero-order chi connectivity index (χ0) is 54.0. The molecule has 1 aliphatic heterocycles. The average molecular weight is 1100 g/mol. The Morgan fingerprint density at radius 2 is 1.57 bits per heavy atom. The lowest BCUT2D eigenvalue weighted by atomic mass is 9.87. The molecule has 3 aromatic rings. The first kappa shape index (κ1) is 59.1. The number of unbranched alkanes of at least 4 members (excludes halogenated alkanes) is 4. The summed E-state index contributed by atoms with van der Waals surface area (Å²) in [7, 11) is -17.7. The molecule has 7 unspecified atom stereocenters. The number of ketones is 1. The second-order valence-corrected chi connectivity index (χ2v) is 23.8. The van der Waals surface area contributed by atoms with Crippen molar-refractivity contribution in [3.8, 4) is 0 Å². The van der Waals surface area contributed by atoms with E-state index >= 15 is 0 Å². The summed E-state index contributed by atoms with van der Waals surface area (Å²) in [6.45, 7) is 0.577. The van der Waals surface area contributed by atoms with Crippen molar-refractivity contribution in [1.29, 1.82) is 0 Å². The maximum Gasteiger partial charge on any atom is 0.293 e. The lowest BCUT2D eigenvalue weighted by Gasteiger charge is -2.36. The van der Waals surface area contributed by atoms with E-state index in [1.54, 1.807) is 0 Å². The van der Waals surface area contributed by atoms with Gasteiger partial charge in [-0.25, -0.2) is 19.3 Å². The number of phosphoric ester groups is 3. The van der Waals surface area contributed by atoms with E-state index in [4.69, 9.17) is 15.2 Å². The number of phosphoric acid groups is 3. The molecule has 2 amide bonds. The molecule has 1 saturated heterocycles. The third-order valence-corrected chi connectivity index (χ3v) is 16.5. The molecule has 6 rings (SSSR count). The number of aryl methyl sites for hydroxylation is 2. The predicted octanol–water partition coefficient (Wildman–Crippen LogP) is 1.23. The highest BCUT2D eigenvalue weighted by atomic mass is 31.3. The fourth-order valence-corrected chi connectivity index (χ4v) is 11.6. The van der Waals surface area contributed by atoms with Crippen LogP contribution in [0.25, 0.3) is 11.2 Å². The third kappa shape index (κ3) is 17.2. The van der Waals surface area contributed by atoms with Crippen LogP contribution in [0.4, 0.5) is 5.82 Å². The van der Waals surface area contributed by atoms with Gasteiger partial charge in [-0.05, 0) is 81.8 Å². The largest absolute Gasteiger partial charge is 0.790 e. The first-order valence-corrected chi connectivity index (χ1v) is 28.8. The maximum absolute atomic E-state index is 13.1. The summed E-state index contributed by atoms with van der Waals surface area (Å²) in [6.07, 6.45) is 5.97. The van der Waals surface area contributed by atoms with Crippen molar-refractivity contribution >= 4 is 64.5 Å². The highest BCUT2D eigenvalue weighted by Crippen LogP contribution is 2.57.